The molecule has 0 atom stereocenters. The Kier molecular flexibility index (Phi) is 3.69. The SMILES string of the molecule is COc1ccc(CC(=O)c2ccc3ccccc3c2)cc1. The number of hydrogen-bond donors (Lipinski definition) is 0. The minimum atomic E-state index is 0.130. The summed E-state index contributed by atoms with van der Waals surface area (Å²) in [5, 5.41) is 2.25. The van der Waals surface area contributed by atoms with E-state index < -0.39 is 0 Å². The van der Waals surface area contributed by atoms with E-state index in [0.717, 1.165) is 27.6 Å². The molecule has 0 spiro atoms. The van der Waals surface area contributed by atoms with Crippen molar-refractivity contribution in [3.63, 3.8) is 0 Å². The van der Waals surface area contributed by atoms with Crippen LogP contribution in [0, 0.1) is 0 Å². The summed E-state index contributed by atoms with van der Waals surface area (Å²) < 4.78 is 5.12. The largest absolute Gasteiger partial charge is 0.497 e. The third-order valence-corrected chi connectivity index (χ3v) is 3.60. The first-order valence-corrected chi connectivity index (χ1v) is 6.91. The number of Topliss-reactive ketones (excluding diaryl/α,β-unsaturated/α-hetero) is 1. The molecule has 0 aromatic heterocycles. The van der Waals surface area contributed by atoms with Crippen molar-refractivity contribution >= 4 is 16.6 Å². The molecule has 0 heterocycles. The Balaban J connectivity index is 1.82. The molecule has 0 fully saturated rings. The van der Waals surface area contributed by atoms with Crippen LogP contribution in [0.4, 0.5) is 0 Å². The lowest BCUT2D eigenvalue weighted by atomic mass is 10.00. The third-order valence-electron chi connectivity index (χ3n) is 3.60. The Bertz CT molecular complexity index is 773. The normalized spacial score (nSPS) is 10.5. The molecular formula is C19H16O2. The van der Waals surface area contributed by atoms with Crippen molar-refractivity contribution in [3.8, 4) is 5.75 Å². The van der Waals surface area contributed by atoms with E-state index in [-0.39, 0.29) is 5.78 Å². The molecule has 0 aliphatic carbocycles. The van der Waals surface area contributed by atoms with Gasteiger partial charge in [-0.25, -0.2) is 0 Å². The molecule has 2 heteroatoms. The maximum atomic E-state index is 12.4. The number of ketones is 1. The number of hydrogen-bond acceptors (Lipinski definition) is 2. The highest BCUT2D eigenvalue weighted by atomic mass is 16.5. The minimum Gasteiger partial charge on any atom is -0.497 e. The summed E-state index contributed by atoms with van der Waals surface area (Å²) in [5.74, 6) is 0.933. The number of methoxy groups -OCH3 is 1. The number of benzene rings is 3. The fraction of sp³-hybridized carbons (Fsp3) is 0.105. The van der Waals surface area contributed by atoms with Gasteiger partial charge in [-0.2, -0.15) is 0 Å². The topological polar surface area (TPSA) is 26.3 Å². The molecular weight excluding hydrogens is 260 g/mol. The molecule has 0 amide bonds. The predicted molar refractivity (Wildman–Crippen MR) is 85.0 cm³/mol. The molecule has 0 unspecified atom stereocenters. The second-order valence-electron chi connectivity index (χ2n) is 5.01. The highest BCUT2D eigenvalue weighted by Crippen LogP contribution is 2.18. The Hall–Kier alpha value is -2.61. The molecule has 3 rings (SSSR count). The van der Waals surface area contributed by atoms with Gasteiger partial charge in [0.1, 0.15) is 5.75 Å². The van der Waals surface area contributed by atoms with Crippen LogP contribution in [-0.4, -0.2) is 12.9 Å². The number of rotatable bonds is 4. The van der Waals surface area contributed by atoms with E-state index in [1.54, 1.807) is 7.11 Å². The smallest absolute Gasteiger partial charge is 0.167 e. The summed E-state index contributed by atoms with van der Waals surface area (Å²) in [4.78, 5) is 12.4. The van der Waals surface area contributed by atoms with Crippen LogP contribution in [0.5, 0.6) is 5.75 Å². The summed E-state index contributed by atoms with van der Waals surface area (Å²) >= 11 is 0. The summed E-state index contributed by atoms with van der Waals surface area (Å²) in [7, 11) is 1.63. The predicted octanol–water partition coefficient (Wildman–Crippen LogP) is 4.27. The zero-order chi connectivity index (χ0) is 14.7. The highest BCUT2D eigenvalue weighted by Gasteiger charge is 2.08. The van der Waals surface area contributed by atoms with Gasteiger partial charge in [0.25, 0.3) is 0 Å². The summed E-state index contributed by atoms with van der Waals surface area (Å²) in [6.07, 6.45) is 0.405. The van der Waals surface area contributed by atoms with Crippen molar-refractivity contribution in [2.45, 2.75) is 6.42 Å². The van der Waals surface area contributed by atoms with Crippen LogP contribution in [-0.2, 0) is 6.42 Å². The molecule has 3 aromatic carbocycles. The zero-order valence-electron chi connectivity index (χ0n) is 11.9. The first-order chi connectivity index (χ1) is 10.3. The number of carbonyl (C=O) groups is 1. The fourth-order valence-electron chi connectivity index (χ4n) is 2.39. The lowest BCUT2D eigenvalue weighted by Gasteiger charge is -2.05. The molecule has 0 saturated carbocycles. The van der Waals surface area contributed by atoms with Crippen molar-refractivity contribution in [2.24, 2.45) is 0 Å². The lowest BCUT2D eigenvalue weighted by Crippen LogP contribution is -2.03. The fourth-order valence-corrected chi connectivity index (χ4v) is 2.39. The van der Waals surface area contributed by atoms with Crippen LogP contribution in [0.1, 0.15) is 15.9 Å². The Labute approximate surface area is 124 Å². The van der Waals surface area contributed by atoms with Crippen LogP contribution < -0.4 is 4.74 Å². The van der Waals surface area contributed by atoms with E-state index in [2.05, 4.69) is 0 Å². The Morgan fingerprint density at radius 2 is 1.62 bits per heavy atom. The molecule has 3 aromatic rings. The molecule has 0 saturated heterocycles. The van der Waals surface area contributed by atoms with E-state index in [0.29, 0.717) is 6.42 Å². The van der Waals surface area contributed by atoms with Gasteiger partial charge in [-0.15, -0.1) is 0 Å². The van der Waals surface area contributed by atoms with Gasteiger partial charge >= 0.3 is 0 Å². The van der Waals surface area contributed by atoms with Crippen LogP contribution in [0.25, 0.3) is 10.8 Å². The van der Waals surface area contributed by atoms with Crippen molar-refractivity contribution in [2.75, 3.05) is 7.11 Å². The number of fused-ring (bicyclic) bond motifs is 1. The average Bonchev–Trinajstić information content (AvgIpc) is 2.55. The first kappa shape index (κ1) is 13.4. The van der Waals surface area contributed by atoms with Crippen molar-refractivity contribution < 1.29 is 9.53 Å². The van der Waals surface area contributed by atoms with E-state index in [9.17, 15) is 4.79 Å². The highest BCUT2D eigenvalue weighted by molar-refractivity contribution is 6.01. The summed E-state index contributed by atoms with van der Waals surface area (Å²) in [6, 6.07) is 21.5. The molecule has 2 nitrogen and oxygen atoms in total. The maximum Gasteiger partial charge on any atom is 0.167 e. The quantitative estimate of drug-likeness (QED) is 0.665. The van der Waals surface area contributed by atoms with Gasteiger partial charge in [0.15, 0.2) is 5.78 Å². The van der Waals surface area contributed by atoms with Crippen molar-refractivity contribution in [1.82, 2.24) is 0 Å². The van der Waals surface area contributed by atoms with E-state index in [1.165, 1.54) is 0 Å². The molecule has 0 N–H and O–H groups in total. The van der Waals surface area contributed by atoms with Gasteiger partial charge in [-0.3, -0.25) is 4.79 Å². The second-order valence-corrected chi connectivity index (χ2v) is 5.01. The Morgan fingerprint density at radius 3 is 2.33 bits per heavy atom. The molecule has 104 valence electrons. The molecule has 0 aliphatic heterocycles. The van der Waals surface area contributed by atoms with E-state index >= 15 is 0 Å². The van der Waals surface area contributed by atoms with Gasteiger partial charge in [0.05, 0.1) is 7.11 Å². The summed E-state index contributed by atoms with van der Waals surface area (Å²) in [6.45, 7) is 0. The molecule has 0 aliphatic rings. The van der Waals surface area contributed by atoms with Gasteiger partial charge in [-0.05, 0) is 34.5 Å². The average molecular weight is 276 g/mol. The van der Waals surface area contributed by atoms with Crippen LogP contribution in [0.2, 0.25) is 0 Å². The number of ether oxygens (including phenoxy) is 1. The maximum absolute atomic E-state index is 12.4. The summed E-state index contributed by atoms with van der Waals surface area (Å²) in [5.41, 5.74) is 1.75. The molecule has 0 bridgehead atoms. The second kappa shape index (κ2) is 5.80. The zero-order valence-corrected chi connectivity index (χ0v) is 11.9. The van der Waals surface area contributed by atoms with Gasteiger partial charge in [0, 0.05) is 12.0 Å². The van der Waals surface area contributed by atoms with Crippen LogP contribution >= 0.6 is 0 Å². The van der Waals surface area contributed by atoms with Crippen molar-refractivity contribution in [1.29, 1.82) is 0 Å². The standard InChI is InChI=1S/C19H16O2/c1-21-18-10-6-14(7-11-18)12-19(20)17-9-8-15-4-2-3-5-16(15)13-17/h2-11,13H,12H2,1H3. The van der Waals surface area contributed by atoms with Crippen LogP contribution in [0.15, 0.2) is 66.7 Å². The molecule has 21 heavy (non-hydrogen) atoms. The molecule has 0 radical (unpaired) electrons. The third kappa shape index (κ3) is 2.95. The number of carbonyl (C=O) groups excluding carboxylic acids is 1. The monoisotopic (exact) mass is 276 g/mol. The first-order valence-electron chi connectivity index (χ1n) is 6.91. The van der Waals surface area contributed by atoms with E-state index in [4.69, 9.17) is 4.74 Å². The van der Waals surface area contributed by atoms with Gasteiger partial charge < -0.3 is 4.74 Å². The Morgan fingerprint density at radius 1 is 0.905 bits per heavy atom. The van der Waals surface area contributed by atoms with Crippen molar-refractivity contribution in [3.05, 3.63) is 77.9 Å². The lowest BCUT2D eigenvalue weighted by molar-refractivity contribution is 0.0993. The minimum absolute atomic E-state index is 0.130. The van der Waals surface area contributed by atoms with E-state index in [1.807, 2.05) is 66.7 Å². The van der Waals surface area contributed by atoms with Gasteiger partial charge in [0.2, 0.25) is 0 Å². The van der Waals surface area contributed by atoms with Gasteiger partial charge in [-0.1, -0.05) is 48.5 Å². The van der Waals surface area contributed by atoms with Crippen LogP contribution in [0.3, 0.4) is 0 Å².